The molecule has 6 aromatic rings. The molecule has 44 heavy (non-hydrogen) atoms. The highest BCUT2D eigenvalue weighted by Gasteiger charge is 2.54. The van der Waals surface area contributed by atoms with E-state index in [0.717, 1.165) is 0 Å². The lowest BCUT2D eigenvalue weighted by Gasteiger charge is -2.47. The Balaban J connectivity index is 1.51. The van der Waals surface area contributed by atoms with E-state index in [1.807, 2.05) is 0 Å². The Bertz CT molecular complexity index is 1940. The molecule has 8 rings (SSSR count). The Kier molecular flexibility index (Phi) is 6.27. The van der Waals surface area contributed by atoms with E-state index in [-0.39, 0.29) is 11.8 Å². The summed E-state index contributed by atoms with van der Waals surface area (Å²) in [4.78, 5) is 0. The fourth-order valence-corrected chi connectivity index (χ4v) is 8.36. The highest BCUT2D eigenvalue weighted by atomic mass is 14.6. The quantitative estimate of drug-likeness (QED) is 0.195. The SMILES string of the molecule is CC1=Cc2ccc(-c3ccccc3)cc2C1C(c1ccccc1)(c1ccccc1)C1c2cc(C)ccc2-c2ccc(C)cc21. The van der Waals surface area contributed by atoms with Crippen molar-refractivity contribution in [2.45, 2.75) is 38.0 Å². The van der Waals surface area contributed by atoms with Gasteiger partial charge in [-0.2, -0.15) is 0 Å². The van der Waals surface area contributed by atoms with Crippen molar-refractivity contribution in [3.63, 3.8) is 0 Å². The molecule has 0 aromatic heterocycles. The zero-order valence-electron chi connectivity index (χ0n) is 25.6. The lowest BCUT2D eigenvalue weighted by Crippen LogP contribution is -2.41. The lowest BCUT2D eigenvalue weighted by atomic mass is 9.54. The van der Waals surface area contributed by atoms with E-state index < -0.39 is 5.41 Å². The summed E-state index contributed by atoms with van der Waals surface area (Å²) in [5.41, 5.74) is 17.2. The topological polar surface area (TPSA) is 0 Å². The molecule has 2 aliphatic carbocycles. The number of allylic oxidation sites excluding steroid dienone is 1. The van der Waals surface area contributed by atoms with Crippen LogP contribution in [0.25, 0.3) is 28.3 Å². The first kappa shape index (κ1) is 26.7. The van der Waals surface area contributed by atoms with Gasteiger partial charge in [0.15, 0.2) is 0 Å². The summed E-state index contributed by atoms with van der Waals surface area (Å²) in [6, 6.07) is 54.9. The summed E-state index contributed by atoms with van der Waals surface area (Å²) >= 11 is 0. The van der Waals surface area contributed by atoms with Crippen molar-refractivity contribution in [2.75, 3.05) is 0 Å². The van der Waals surface area contributed by atoms with Crippen molar-refractivity contribution in [1.82, 2.24) is 0 Å². The minimum absolute atomic E-state index is 0.122. The summed E-state index contributed by atoms with van der Waals surface area (Å²) in [6.07, 6.45) is 2.44. The molecule has 0 heteroatoms. The largest absolute Gasteiger partial charge is 0.0639 e. The van der Waals surface area contributed by atoms with Crippen LogP contribution < -0.4 is 0 Å². The summed E-state index contributed by atoms with van der Waals surface area (Å²) in [5.74, 6) is 0.257. The average molecular weight is 565 g/mol. The molecule has 6 aromatic carbocycles. The van der Waals surface area contributed by atoms with Gasteiger partial charge in [0.25, 0.3) is 0 Å². The molecule has 0 bridgehead atoms. The van der Waals surface area contributed by atoms with Gasteiger partial charge in [0, 0.05) is 17.3 Å². The van der Waals surface area contributed by atoms with E-state index in [1.54, 1.807) is 0 Å². The Morgan fingerprint density at radius 1 is 0.432 bits per heavy atom. The van der Waals surface area contributed by atoms with E-state index in [1.165, 1.54) is 72.3 Å². The van der Waals surface area contributed by atoms with Crippen LogP contribution in [0.2, 0.25) is 0 Å². The smallest absolute Gasteiger partial charge is 0.0418 e. The van der Waals surface area contributed by atoms with Crippen LogP contribution in [0.15, 0.2) is 151 Å². The zero-order chi connectivity index (χ0) is 29.8. The van der Waals surface area contributed by atoms with E-state index >= 15 is 0 Å². The number of hydrogen-bond donors (Lipinski definition) is 0. The molecule has 0 saturated carbocycles. The fourth-order valence-electron chi connectivity index (χ4n) is 8.36. The molecule has 0 spiro atoms. The molecule has 0 radical (unpaired) electrons. The first-order valence-electron chi connectivity index (χ1n) is 15.8. The van der Waals surface area contributed by atoms with Gasteiger partial charge in [-0.3, -0.25) is 0 Å². The summed E-state index contributed by atoms with van der Waals surface area (Å²) in [6.45, 7) is 6.83. The van der Waals surface area contributed by atoms with Crippen molar-refractivity contribution in [1.29, 1.82) is 0 Å². The van der Waals surface area contributed by atoms with Gasteiger partial charge in [-0.15, -0.1) is 0 Å². The highest BCUT2D eigenvalue weighted by molar-refractivity contribution is 5.83. The van der Waals surface area contributed by atoms with Crippen LogP contribution in [0.5, 0.6) is 0 Å². The maximum atomic E-state index is 2.48. The Morgan fingerprint density at radius 3 is 1.50 bits per heavy atom. The van der Waals surface area contributed by atoms with Gasteiger partial charge in [0.05, 0.1) is 0 Å². The van der Waals surface area contributed by atoms with Crippen LogP contribution in [0.3, 0.4) is 0 Å². The van der Waals surface area contributed by atoms with E-state index in [2.05, 4.69) is 172 Å². The van der Waals surface area contributed by atoms with E-state index in [0.29, 0.717) is 0 Å². The standard InChI is InChI=1S/C44H36/c1-29-19-23-37-38-24-20-30(2)26-41(38)43(40(37)25-29)44(35-15-9-5-10-16-35,36-17-11-6-12-18-36)42-31(3)27-34-22-21-33(28-39(34)42)32-13-7-4-8-14-32/h4-28,42-43H,1-3H3. The van der Waals surface area contributed by atoms with Gasteiger partial charge in [-0.25, -0.2) is 0 Å². The number of hydrogen-bond acceptors (Lipinski definition) is 0. The van der Waals surface area contributed by atoms with Crippen LogP contribution in [-0.4, -0.2) is 0 Å². The van der Waals surface area contributed by atoms with Gasteiger partial charge < -0.3 is 0 Å². The number of benzene rings is 6. The Labute approximate surface area is 261 Å². The molecular formula is C44H36. The molecular weight excluding hydrogens is 528 g/mol. The second-order valence-corrected chi connectivity index (χ2v) is 12.7. The second-order valence-electron chi connectivity index (χ2n) is 12.7. The van der Waals surface area contributed by atoms with Crippen LogP contribution in [0.1, 0.15) is 63.3 Å². The van der Waals surface area contributed by atoms with Crippen molar-refractivity contribution in [3.05, 3.63) is 196 Å². The van der Waals surface area contributed by atoms with Crippen molar-refractivity contribution < 1.29 is 0 Å². The van der Waals surface area contributed by atoms with Gasteiger partial charge in [-0.1, -0.05) is 162 Å². The summed E-state index contributed by atoms with van der Waals surface area (Å²) in [5, 5.41) is 0. The van der Waals surface area contributed by atoms with Crippen LogP contribution >= 0.6 is 0 Å². The maximum absolute atomic E-state index is 2.48. The van der Waals surface area contributed by atoms with Crippen molar-refractivity contribution in [3.8, 4) is 22.3 Å². The van der Waals surface area contributed by atoms with E-state index in [9.17, 15) is 0 Å². The van der Waals surface area contributed by atoms with Crippen LogP contribution in [0, 0.1) is 13.8 Å². The predicted octanol–water partition coefficient (Wildman–Crippen LogP) is 11.3. The molecule has 0 heterocycles. The molecule has 1 atom stereocenters. The third kappa shape index (κ3) is 3.98. The van der Waals surface area contributed by atoms with Gasteiger partial charge in [-0.05, 0) is 82.5 Å². The molecule has 0 fully saturated rings. The van der Waals surface area contributed by atoms with Crippen LogP contribution in [0.4, 0.5) is 0 Å². The molecule has 0 nitrogen and oxygen atoms in total. The minimum atomic E-state index is -0.398. The zero-order valence-corrected chi connectivity index (χ0v) is 25.6. The van der Waals surface area contributed by atoms with Gasteiger partial charge in [0.2, 0.25) is 0 Å². The third-order valence-electron chi connectivity index (χ3n) is 10.1. The van der Waals surface area contributed by atoms with Crippen molar-refractivity contribution >= 4 is 6.08 Å². The fraction of sp³-hybridized carbons (Fsp3) is 0.136. The molecule has 212 valence electrons. The highest BCUT2D eigenvalue weighted by Crippen LogP contribution is 2.64. The molecule has 2 aliphatic rings. The molecule has 0 aliphatic heterocycles. The average Bonchev–Trinajstić information content (AvgIpc) is 3.56. The first-order chi connectivity index (χ1) is 21.6. The molecule has 0 saturated heterocycles. The third-order valence-corrected chi connectivity index (χ3v) is 10.1. The Morgan fingerprint density at radius 2 is 0.955 bits per heavy atom. The second kappa shape index (κ2) is 10.4. The monoisotopic (exact) mass is 564 g/mol. The number of rotatable bonds is 5. The predicted molar refractivity (Wildman–Crippen MR) is 185 cm³/mol. The van der Waals surface area contributed by atoms with E-state index in [4.69, 9.17) is 0 Å². The number of aryl methyl sites for hydroxylation is 2. The normalized spacial score (nSPS) is 15.4. The maximum Gasteiger partial charge on any atom is 0.0418 e. The van der Waals surface area contributed by atoms with Gasteiger partial charge in [0.1, 0.15) is 0 Å². The lowest BCUT2D eigenvalue weighted by molar-refractivity contribution is 0.405. The molecule has 0 N–H and O–H groups in total. The van der Waals surface area contributed by atoms with Crippen LogP contribution in [-0.2, 0) is 5.41 Å². The molecule has 1 unspecified atom stereocenters. The van der Waals surface area contributed by atoms with Crippen molar-refractivity contribution in [2.24, 2.45) is 0 Å². The minimum Gasteiger partial charge on any atom is -0.0639 e. The van der Waals surface area contributed by atoms with Gasteiger partial charge >= 0.3 is 0 Å². The Hall–Kier alpha value is -4.94. The first-order valence-corrected chi connectivity index (χ1v) is 15.8. The molecule has 0 amide bonds. The summed E-state index contributed by atoms with van der Waals surface area (Å²) < 4.78 is 0. The number of fused-ring (bicyclic) bond motifs is 4. The summed E-state index contributed by atoms with van der Waals surface area (Å²) in [7, 11) is 0.